The summed E-state index contributed by atoms with van der Waals surface area (Å²) in [7, 11) is -4.56. The molecule has 3 aromatic carbocycles. The van der Waals surface area contributed by atoms with Gasteiger partial charge >= 0.3 is 0 Å². The second-order valence-electron chi connectivity index (χ2n) is 16.1. The summed E-state index contributed by atoms with van der Waals surface area (Å²) >= 11 is 0. The highest BCUT2D eigenvalue weighted by Gasteiger charge is 2.31. The highest BCUT2D eigenvalue weighted by Crippen LogP contribution is 2.39. The Morgan fingerprint density at radius 3 is 2.61 bits per heavy atom. The summed E-state index contributed by atoms with van der Waals surface area (Å²) in [6.45, 7) is 4.83. The number of rotatable bonds is 12. The smallest absolute Gasteiger partial charge is 0.293 e. The SMILES string of the molecule is O=C(NS(=O)(=O)c1ccc(NCC2CCOCC2)c([N+](=O)[O-])c1)c1ccc(N2CCN(C3CCCCc4c(-c5cccnc5)cccc43)CC2)cc1Oc1cnc2[nH]ccc2c1. The number of benzene rings is 3. The lowest BCUT2D eigenvalue weighted by atomic mass is 9.90. The summed E-state index contributed by atoms with van der Waals surface area (Å²) in [5.74, 6) is -0.188. The molecule has 0 radical (unpaired) electrons. The molecule has 3 aliphatic rings. The molecular weight excluding hydrogens is 809 g/mol. The van der Waals surface area contributed by atoms with Gasteiger partial charge in [-0.25, -0.2) is 18.1 Å². The van der Waals surface area contributed by atoms with E-state index in [1.165, 1.54) is 35.0 Å². The van der Waals surface area contributed by atoms with Crippen LogP contribution < -0.4 is 19.7 Å². The number of carbonyl (C=O) groups is 1. The monoisotopic (exact) mass is 856 g/mol. The van der Waals surface area contributed by atoms with Crippen LogP contribution in [0.4, 0.5) is 17.1 Å². The van der Waals surface area contributed by atoms with Crippen LogP contribution in [0.5, 0.6) is 11.5 Å². The molecule has 0 spiro atoms. The molecule has 320 valence electrons. The van der Waals surface area contributed by atoms with E-state index in [1.807, 2.05) is 18.3 Å². The molecule has 3 aromatic heterocycles. The van der Waals surface area contributed by atoms with Crippen molar-refractivity contribution in [3.05, 3.63) is 130 Å². The predicted molar refractivity (Wildman–Crippen MR) is 236 cm³/mol. The Morgan fingerprint density at radius 1 is 0.952 bits per heavy atom. The first kappa shape index (κ1) is 41.0. The number of fused-ring (bicyclic) bond motifs is 2. The van der Waals surface area contributed by atoms with E-state index in [0.717, 1.165) is 87.4 Å². The minimum Gasteiger partial charge on any atom is -0.455 e. The van der Waals surface area contributed by atoms with Crippen LogP contribution in [0.15, 0.2) is 109 Å². The molecule has 16 heteroatoms. The van der Waals surface area contributed by atoms with Gasteiger partial charge in [0.05, 0.1) is 21.6 Å². The van der Waals surface area contributed by atoms with Gasteiger partial charge in [-0.1, -0.05) is 30.7 Å². The van der Waals surface area contributed by atoms with Gasteiger partial charge in [0.1, 0.15) is 22.8 Å². The average molecular weight is 857 g/mol. The zero-order valence-corrected chi connectivity index (χ0v) is 35.0. The number of aromatic amines is 1. The van der Waals surface area contributed by atoms with Gasteiger partial charge in [-0.15, -0.1) is 0 Å². The summed E-state index contributed by atoms with van der Waals surface area (Å²) in [5, 5.41) is 16.0. The Labute approximate surface area is 359 Å². The van der Waals surface area contributed by atoms with Crippen molar-refractivity contribution >= 4 is 44.0 Å². The van der Waals surface area contributed by atoms with Crippen LogP contribution in [0.3, 0.4) is 0 Å². The van der Waals surface area contributed by atoms with Gasteiger partial charge in [0.2, 0.25) is 0 Å². The van der Waals surface area contributed by atoms with E-state index in [-0.39, 0.29) is 22.9 Å². The number of hydrogen-bond acceptors (Lipinski definition) is 12. The van der Waals surface area contributed by atoms with Crippen LogP contribution in [-0.4, -0.2) is 85.0 Å². The van der Waals surface area contributed by atoms with Gasteiger partial charge in [-0.2, -0.15) is 0 Å². The molecule has 5 heterocycles. The number of carbonyl (C=O) groups excluding carboxylic acids is 1. The largest absolute Gasteiger partial charge is 0.455 e. The van der Waals surface area contributed by atoms with Crippen LogP contribution in [-0.2, 0) is 21.2 Å². The Morgan fingerprint density at radius 2 is 1.81 bits per heavy atom. The van der Waals surface area contributed by atoms with E-state index in [1.54, 1.807) is 36.7 Å². The zero-order valence-electron chi connectivity index (χ0n) is 34.2. The Kier molecular flexibility index (Phi) is 11.9. The molecule has 1 amide bonds. The van der Waals surface area contributed by atoms with Crippen molar-refractivity contribution in [3.63, 3.8) is 0 Å². The quantitative estimate of drug-likeness (QED) is 0.0616. The fraction of sp³-hybridized carbons (Fsp3) is 0.326. The van der Waals surface area contributed by atoms with Gasteiger partial charge in [0, 0.05) is 99.3 Å². The lowest BCUT2D eigenvalue weighted by molar-refractivity contribution is -0.384. The summed E-state index contributed by atoms with van der Waals surface area (Å²) in [6, 6.07) is 23.4. The number of hydrogen-bond donors (Lipinski definition) is 3. The summed E-state index contributed by atoms with van der Waals surface area (Å²) in [6.07, 6.45) is 13.1. The van der Waals surface area contributed by atoms with Crippen molar-refractivity contribution in [3.8, 4) is 22.6 Å². The van der Waals surface area contributed by atoms with Crippen LogP contribution in [0, 0.1) is 16.0 Å². The van der Waals surface area contributed by atoms with E-state index in [4.69, 9.17) is 9.47 Å². The number of pyridine rings is 2. The number of ether oxygens (including phenoxy) is 2. The molecule has 3 N–H and O–H groups in total. The number of anilines is 2. The molecule has 6 aromatic rings. The fourth-order valence-corrected chi connectivity index (χ4v) is 9.94. The van der Waals surface area contributed by atoms with Crippen molar-refractivity contribution in [2.75, 3.05) is 56.2 Å². The third-order valence-electron chi connectivity index (χ3n) is 12.3. The molecule has 15 nitrogen and oxygen atoms in total. The van der Waals surface area contributed by atoms with Crippen LogP contribution in [0.2, 0.25) is 0 Å². The standard InChI is InChI=1S/C46H48N8O7S/c55-46(51-62(58,59)36-11-13-41(43(27-36)54(56)57)49-28-31-15-23-60-24-16-31)40-12-10-34(26-44(40)61-35-25-32-14-18-48-45(32)50-30-35)52-19-21-53(22-20-52)42-9-2-1-6-38-37(7-3-8-39(38)42)33-5-4-17-47-29-33/h3-5,7-8,10-14,17-18,25-27,29-31,42,49H,1-2,6,9,15-16,19-24,28H2,(H,48,50)(H,51,55). The second-order valence-corrected chi connectivity index (χ2v) is 17.8. The normalized spacial score (nSPS) is 17.5. The molecule has 2 fully saturated rings. The van der Waals surface area contributed by atoms with Gasteiger partial charge in [0.25, 0.3) is 21.6 Å². The van der Waals surface area contributed by atoms with Crippen molar-refractivity contribution in [2.24, 2.45) is 5.92 Å². The molecule has 9 rings (SSSR count). The highest BCUT2D eigenvalue weighted by atomic mass is 32.2. The van der Waals surface area contributed by atoms with Crippen LogP contribution in [0.1, 0.15) is 59.6 Å². The summed E-state index contributed by atoms with van der Waals surface area (Å²) in [4.78, 5) is 41.7. The summed E-state index contributed by atoms with van der Waals surface area (Å²) < 4.78 is 41.3. The number of nitrogens with zero attached hydrogens (tertiary/aromatic N) is 5. The second kappa shape index (κ2) is 17.9. The lowest BCUT2D eigenvalue weighted by Gasteiger charge is -2.41. The van der Waals surface area contributed by atoms with Crippen molar-refractivity contribution in [1.29, 1.82) is 0 Å². The first-order valence-electron chi connectivity index (χ1n) is 21.1. The number of sulfonamides is 1. The van der Waals surface area contributed by atoms with Crippen molar-refractivity contribution in [2.45, 2.75) is 49.5 Å². The minimum absolute atomic E-state index is 0.0335. The molecular formula is C46H48N8O7S. The maximum atomic E-state index is 14.0. The third-order valence-corrected chi connectivity index (χ3v) is 13.6. The number of nitrogens with one attached hydrogen (secondary N) is 3. The maximum Gasteiger partial charge on any atom is 0.293 e. The first-order valence-corrected chi connectivity index (χ1v) is 22.6. The molecule has 1 aliphatic carbocycles. The molecule has 2 saturated heterocycles. The topological polar surface area (TPSA) is 185 Å². The number of nitro groups is 1. The van der Waals surface area contributed by atoms with E-state index < -0.39 is 31.4 Å². The Bertz CT molecular complexity index is 2700. The highest BCUT2D eigenvalue weighted by molar-refractivity contribution is 7.90. The van der Waals surface area contributed by atoms with Crippen LogP contribution >= 0.6 is 0 Å². The molecule has 1 atom stereocenters. The number of H-pyrrole nitrogens is 1. The number of aromatic nitrogens is 3. The van der Waals surface area contributed by atoms with E-state index in [2.05, 4.69) is 59.1 Å². The summed E-state index contributed by atoms with van der Waals surface area (Å²) in [5.41, 5.74) is 6.41. The molecule has 0 bridgehead atoms. The fourth-order valence-electron chi connectivity index (χ4n) is 8.96. The average Bonchev–Trinajstić information content (AvgIpc) is 3.66. The predicted octanol–water partition coefficient (Wildman–Crippen LogP) is 7.87. The minimum atomic E-state index is -4.56. The molecule has 62 heavy (non-hydrogen) atoms. The van der Waals surface area contributed by atoms with E-state index >= 15 is 0 Å². The number of nitro benzene ring substituents is 1. The van der Waals surface area contributed by atoms with Crippen molar-refractivity contribution in [1.82, 2.24) is 24.6 Å². The van der Waals surface area contributed by atoms with Gasteiger partial charge < -0.3 is 24.7 Å². The van der Waals surface area contributed by atoms with Crippen LogP contribution in [0.25, 0.3) is 22.2 Å². The third kappa shape index (κ3) is 8.84. The van der Waals surface area contributed by atoms with Gasteiger partial charge in [0.15, 0.2) is 0 Å². The lowest BCUT2D eigenvalue weighted by Crippen LogP contribution is -2.47. The molecule has 1 unspecified atom stereocenters. The van der Waals surface area contributed by atoms with Gasteiger partial charge in [-0.3, -0.25) is 24.8 Å². The van der Waals surface area contributed by atoms with Gasteiger partial charge in [-0.05, 0) is 97.2 Å². The van der Waals surface area contributed by atoms with E-state index in [0.29, 0.717) is 37.2 Å². The zero-order chi connectivity index (χ0) is 42.6. The number of piperazine rings is 1. The Hall–Kier alpha value is -6.36. The maximum absolute atomic E-state index is 14.0. The number of amides is 1. The Balaban J connectivity index is 0.946. The molecule has 2 aliphatic heterocycles. The van der Waals surface area contributed by atoms with Crippen molar-refractivity contribution < 1.29 is 27.6 Å². The molecule has 0 saturated carbocycles. The van der Waals surface area contributed by atoms with E-state index in [9.17, 15) is 23.3 Å². The first-order chi connectivity index (χ1) is 30.2.